The Morgan fingerprint density at radius 2 is 1.67 bits per heavy atom. The number of carbonyl (C=O) groups excluding carboxylic acids is 3. The van der Waals surface area contributed by atoms with Crippen LogP contribution in [-0.4, -0.2) is 22.4 Å². The lowest BCUT2D eigenvalue weighted by atomic mass is 9.98. The van der Waals surface area contributed by atoms with Crippen molar-refractivity contribution in [1.82, 2.24) is 9.88 Å². The molecule has 0 bridgehead atoms. The molecule has 0 radical (unpaired) electrons. The van der Waals surface area contributed by atoms with Crippen LogP contribution in [0.3, 0.4) is 0 Å². The Labute approximate surface area is 193 Å². The van der Waals surface area contributed by atoms with Crippen molar-refractivity contribution in [3.63, 3.8) is 0 Å². The maximum absolute atomic E-state index is 13.2. The molecule has 1 fully saturated rings. The number of aromatic nitrogens is 1. The van der Waals surface area contributed by atoms with Crippen molar-refractivity contribution >= 4 is 29.6 Å². The van der Waals surface area contributed by atoms with Gasteiger partial charge in [0.05, 0.1) is 5.69 Å². The molecular weight excluding hydrogens is 414 g/mol. The van der Waals surface area contributed by atoms with Crippen LogP contribution in [0.15, 0.2) is 72.4 Å². The van der Waals surface area contributed by atoms with Crippen LogP contribution in [0.25, 0.3) is 6.08 Å². The van der Waals surface area contributed by atoms with E-state index < -0.39 is 17.8 Å². The van der Waals surface area contributed by atoms with E-state index in [0.29, 0.717) is 23.8 Å². The first kappa shape index (κ1) is 22.3. The third-order valence-corrected chi connectivity index (χ3v) is 6.06. The van der Waals surface area contributed by atoms with Crippen molar-refractivity contribution in [3.05, 3.63) is 94.8 Å². The fraction of sp³-hybridized carbons (Fsp3) is 0.222. The molecule has 2 heterocycles. The number of aryl methyl sites for hydroxylation is 1. The molecular formula is C27H27N3O3. The predicted octanol–water partition coefficient (Wildman–Crippen LogP) is 5.02. The zero-order valence-electron chi connectivity index (χ0n) is 19.0. The second-order valence-electron chi connectivity index (χ2n) is 8.41. The topological polar surface area (TPSA) is 71.4 Å². The molecule has 0 aliphatic carbocycles. The summed E-state index contributed by atoms with van der Waals surface area (Å²) in [5.41, 5.74) is 4.47. The zero-order valence-corrected chi connectivity index (χ0v) is 19.0. The van der Waals surface area contributed by atoms with Gasteiger partial charge >= 0.3 is 6.03 Å². The van der Waals surface area contributed by atoms with E-state index >= 15 is 0 Å². The first-order valence-electron chi connectivity index (χ1n) is 11.1. The summed E-state index contributed by atoms with van der Waals surface area (Å²) >= 11 is 0. The molecule has 4 rings (SSSR count). The van der Waals surface area contributed by atoms with Gasteiger partial charge in [-0.3, -0.25) is 14.9 Å². The molecule has 6 heteroatoms. The van der Waals surface area contributed by atoms with Crippen LogP contribution in [0.2, 0.25) is 0 Å². The quantitative estimate of drug-likeness (QED) is 0.431. The monoisotopic (exact) mass is 441 g/mol. The SMILES string of the molecule is CC[C@H](C)c1ccc(N2C(=O)NC(=O)/C(=C/c3cccn3Cc3ccc(C)cc3)C2=O)cc1. The van der Waals surface area contributed by atoms with E-state index in [1.807, 2.05) is 66.2 Å². The molecule has 2 aromatic carbocycles. The van der Waals surface area contributed by atoms with E-state index in [9.17, 15) is 14.4 Å². The number of imide groups is 2. The van der Waals surface area contributed by atoms with Gasteiger partial charge in [0, 0.05) is 18.4 Å². The Morgan fingerprint density at radius 1 is 0.970 bits per heavy atom. The largest absolute Gasteiger partial charge is 0.344 e. The molecule has 1 atom stereocenters. The first-order chi connectivity index (χ1) is 15.9. The third kappa shape index (κ3) is 4.65. The molecule has 0 unspecified atom stereocenters. The highest BCUT2D eigenvalue weighted by Gasteiger charge is 2.37. The maximum Gasteiger partial charge on any atom is 0.335 e. The van der Waals surface area contributed by atoms with Crippen molar-refractivity contribution in [1.29, 1.82) is 0 Å². The van der Waals surface area contributed by atoms with Crippen LogP contribution >= 0.6 is 0 Å². The Hall–Kier alpha value is -3.93. The van der Waals surface area contributed by atoms with E-state index in [4.69, 9.17) is 0 Å². The van der Waals surface area contributed by atoms with E-state index in [0.717, 1.165) is 22.4 Å². The van der Waals surface area contributed by atoms with Crippen molar-refractivity contribution in [3.8, 4) is 0 Å². The second kappa shape index (κ2) is 9.28. The second-order valence-corrected chi connectivity index (χ2v) is 8.41. The average Bonchev–Trinajstić information content (AvgIpc) is 3.24. The van der Waals surface area contributed by atoms with Crippen molar-refractivity contribution in [2.24, 2.45) is 0 Å². The summed E-state index contributed by atoms with van der Waals surface area (Å²) < 4.78 is 1.96. The fourth-order valence-corrected chi connectivity index (χ4v) is 3.82. The highest BCUT2D eigenvalue weighted by atomic mass is 16.2. The Bertz CT molecular complexity index is 1220. The summed E-state index contributed by atoms with van der Waals surface area (Å²) in [5.74, 6) is -0.952. The van der Waals surface area contributed by atoms with E-state index in [1.54, 1.807) is 18.2 Å². The van der Waals surface area contributed by atoms with Gasteiger partial charge < -0.3 is 4.57 Å². The minimum Gasteiger partial charge on any atom is -0.344 e. The number of carbonyl (C=O) groups is 3. The number of hydrogen-bond donors (Lipinski definition) is 1. The molecule has 4 amide bonds. The van der Waals surface area contributed by atoms with Gasteiger partial charge in [-0.05, 0) is 60.7 Å². The van der Waals surface area contributed by atoms with Gasteiger partial charge in [0.2, 0.25) is 0 Å². The summed E-state index contributed by atoms with van der Waals surface area (Å²) in [5, 5.41) is 2.29. The lowest BCUT2D eigenvalue weighted by molar-refractivity contribution is -0.122. The summed E-state index contributed by atoms with van der Waals surface area (Å²) in [6.45, 7) is 6.87. The first-order valence-corrected chi connectivity index (χ1v) is 11.1. The molecule has 6 nitrogen and oxygen atoms in total. The van der Waals surface area contributed by atoms with Gasteiger partial charge in [-0.2, -0.15) is 0 Å². The average molecular weight is 442 g/mol. The molecule has 1 aliphatic heterocycles. The van der Waals surface area contributed by atoms with Gasteiger partial charge in [0.1, 0.15) is 5.57 Å². The molecule has 3 aromatic rings. The van der Waals surface area contributed by atoms with Gasteiger partial charge in [0.25, 0.3) is 11.8 Å². The Morgan fingerprint density at radius 3 is 2.33 bits per heavy atom. The number of nitrogens with zero attached hydrogens (tertiary/aromatic N) is 2. The third-order valence-electron chi connectivity index (χ3n) is 6.06. The maximum atomic E-state index is 13.2. The summed E-state index contributed by atoms with van der Waals surface area (Å²) in [4.78, 5) is 39.3. The van der Waals surface area contributed by atoms with Gasteiger partial charge in [-0.15, -0.1) is 0 Å². The number of nitrogens with one attached hydrogen (secondary N) is 1. The zero-order chi connectivity index (χ0) is 23.5. The number of barbiturate groups is 1. The Balaban J connectivity index is 1.62. The smallest absolute Gasteiger partial charge is 0.335 e. The van der Waals surface area contributed by atoms with Gasteiger partial charge in [-0.1, -0.05) is 55.8 Å². The van der Waals surface area contributed by atoms with E-state index in [-0.39, 0.29) is 5.57 Å². The van der Waals surface area contributed by atoms with Crippen LogP contribution < -0.4 is 10.2 Å². The number of hydrogen-bond acceptors (Lipinski definition) is 3. The molecule has 1 saturated heterocycles. The number of amides is 4. The van der Waals surface area contributed by atoms with Crippen LogP contribution in [0, 0.1) is 6.92 Å². The molecule has 33 heavy (non-hydrogen) atoms. The van der Waals surface area contributed by atoms with Crippen molar-refractivity contribution in [2.75, 3.05) is 4.90 Å². The van der Waals surface area contributed by atoms with E-state index in [1.165, 1.54) is 5.56 Å². The molecule has 0 spiro atoms. The lowest BCUT2D eigenvalue weighted by Gasteiger charge is -2.26. The number of benzene rings is 2. The molecule has 0 saturated carbocycles. The van der Waals surface area contributed by atoms with Crippen molar-refractivity contribution < 1.29 is 14.4 Å². The highest BCUT2D eigenvalue weighted by Crippen LogP contribution is 2.26. The van der Waals surface area contributed by atoms with Gasteiger partial charge in [-0.25, -0.2) is 9.69 Å². The van der Waals surface area contributed by atoms with Crippen LogP contribution in [0.1, 0.15) is 48.6 Å². The van der Waals surface area contributed by atoms with Crippen LogP contribution in [-0.2, 0) is 16.1 Å². The lowest BCUT2D eigenvalue weighted by Crippen LogP contribution is -2.54. The fourth-order valence-electron chi connectivity index (χ4n) is 3.82. The van der Waals surface area contributed by atoms with Crippen LogP contribution in [0.4, 0.5) is 10.5 Å². The van der Waals surface area contributed by atoms with Gasteiger partial charge in [0.15, 0.2) is 0 Å². The standard InChI is InChI=1S/C27H27N3O3/c1-4-19(3)21-11-13-22(14-12-21)30-26(32)24(25(31)28-27(30)33)16-23-6-5-15-29(23)17-20-9-7-18(2)8-10-20/h5-16,19H,4,17H2,1-3H3,(H,28,31,33)/b24-16-/t19-/m0/s1. The minimum atomic E-state index is -0.742. The van der Waals surface area contributed by atoms with Crippen molar-refractivity contribution in [2.45, 2.75) is 39.7 Å². The molecule has 1 aromatic heterocycles. The van der Waals surface area contributed by atoms with Crippen LogP contribution in [0.5, 0.6) is 0 Å². The predicted molar refractivity (Wildman–Crippen MR) is 129 cm³/mol. The number of anilines is 1. The summed E-state index contributed by atoms with van der Waals surface area (Å²) in [6, 6.07) is 18.5. The number of rotatable bonds is 6. The summed E-state index contributed by atoms with van der Waals surface area (Å²) in [6.07, 6.45) is 4.43. The molecule has 1 N–H and O–H groups in total. The highest BCUT2D eigenvalue weighted by molar-refractivity contribution is 6.39. The number of urea groups is 1. The minimum absolute atomic E-state index is 0.0792. The molecule has 168 valence electrons. The van der Waals surface area contributed by atoms with E-state index in [2.05, 4.69) is 19.2 Å². The Kier molecular flexibility index (Phi) is 6.27. The summed E-state index contributed by atoms with van der Waals surface area (Å²) in [7, 11) is 0. The normalized spacial score (nSPS) is 16.3. The molecule has 1 aliphatic rings.